The van der Waals surface area contributed by atoms with E-state index in [-0.39, 0.29) is 65.6 Å². The molecule has 0 saturated carbocycles. The molecule has 5 heterocycles. The summed E-state index contributed by atoms with van der Waals surface area (Å²) >= 11 is 0. The van der Waals surface area contributed by atoms with Crippen LogP contribution in [0.5, 0.6) is 17.2 Å². The minimum atomic E-state index is -2.62. The quantitative estimate of drug-likeness (QED) is 0.169. The van der Waals surface area contributed by atoms with E-state index in [4.69, 9.17) is 18.9 Å². The largest absolute Gasteiger partial charge is 0.497 e. The third kappa shape index (κ3) is 7.05. The van der Waals surface area contributed by atoms with Gasteiger partial charge < -0.3 is 33.9 Å². The van der Waals surface area contributed by atoms with Crippen molar-refractivity contribution in [1.29, 1.82) is 0 Å². The van der Waals surface area contributed by atoms with Gasteiger partial charge >= 0.3 is 0 Å². The Morgan fingerprint density at radius 1 is 0.836 bits per heavy atom. The molecule has 0 aliphatic carbocycles. The number of likely N-dealkylation sites (tertiary alicyclic amines) is 1. The average Bonchev–Trinajstić information content (AvgIpc) is 3.94. The van der Waals surface area contributed by atoms with Gasteiger partial charge in [0.25, 0.3) is 17.0 Å². The molecular formula is C47H52N4O9Si. The summed E-state index contributed by atoms with van der Waals surface area (Å²) in [5, 5.41) is 11.3. The number of methoxy groups -OCH3 is 3. The number of pyridine rings is 2. The summed E-state index contributed by atoms with van der Waals surface area (Å²) in [4.78, 5) is 60.4. The summed E-state index contributed by atoms with van der Waals surface area (Å²) in [5.74, 6) is 0.286. The molecule has 318 valence electrons. The highest BCUT2D eigenvalue weighted by atomic mass is 28.3. The van der Waals surface area contributed by atoms with Gasteiger partial charge in [-0.25, -0.2) is 0 Å². The summed E-state index contributed by atoms with van der Waals surface area (Å²) in [6.45, 7) is 7.17. The second-order valence-electron chi connectivity index (χ2n) is 16.7. The highest BCUT2D eigenvalue weighted by molar-refractivity contribution is 6.91. The van der Waals surface area contributed by atoms with Gasteiger partial charge in [-0.15, -0.1) is 0 Å². The van der Waals surface area contributed by atoms with Crippen molar-refractivity contribution in [2.75, 3.05) is 39.4 Å². The average molecular weight is 845 g/mol. The van der Waals surface area contributed by atoms with Crippen LogP contribution in [-0.2, 0) is 26.5 Å². The standard InChI is InChI=1S/C47H52N4O9Si/c1-30-43(61(5,6)36-19-17-35(57-2)18-20-36)41(27-42(53)48-22-8-13-34(48)29-52)60-47(30)37-26-33(50-24-10-15-40(59-4)45(50)55)16-21-38(37)51(46(47)56)28-31-11-7-12-32(25-31)49-23-9-14-39(58-3)44(49)54/h7,9-12,14-21,23-26,30,34,41,43,52H,8,13,22,27-29H2,1-6H3/t30-,34+,41+,43-,47+/m1/s1. The van der Waals surface area contributed by atoms with E-state index in [9.17, 15) is 19.5 Å². The fourth-order valence-electron chi connectivity index (χ4n) is 10.1. The Morgan fingerprint density at radius 2 is 1.49 bits per heavy atom. The Morgan fingerprint density at radius 3 is 2.11 bits per heavy atom. The molecule has 61 heavy (non-hydrogen) atoms. The van der Waals surface area contributed by atoms with E-state index >= 15 is 4.79 Å². The first-order chi connectivity index (χ1) is 29.4. The molecule has 1 spiro atoms. The first kappa shape index (κ1) is 41.8. The predicted molar refractivity (Wildman–Crippen MR) is 234 cm³/mol. The van der Waals surface area contributed by atoms with E-state index < -0.39 is 25.7 Å². The van der Waals surface area contributed by atoms with Crippen molar-refractivity contribution < 1.29 is 33.6 Å². The van der Waals surface area contributed by atoms with E-state index in [1.807, 2.05) is 54.6 Å². The number of hydrogen-bond donors (Lipinski definition) is 1. The van der Waals surface area contributed by atoms with Gasteiger partial charge in [0.05, 0.1) is 66.8 Å². The number of aromatic nitrogens is 2. The molecule has 5 atom stereocenters. The number of aliphatic hydroxyl groups is 1. The van der Waals surface area contributed by atoms with Crippen LogP contribution in [0.2, 0.25) is 18.6 Å². The molecular weight excluding hydrogens is 793 g/mol. The molecule has 2 saturated heterocycles. The van der Waals surface area contributed by atoms with Crippen LogP contribution in [0.15, 0.2) is 113 Å². The summed E-state index contributed by atoms with van der Waals surface area (Å²) in [7, 11) is 1.91. The lowest BCUT2D eigenvalue weighted by atomic mass is 9.82. The Kier molecular flexibility index (Phi) is 11.3. The summed E-state index contributed by atoms with van der Waals surface area (Å²) in [5.41, 5.74) is 0.679. The van der Waals surface area contributed by atoms with Gasteiger partial charge in [-0.1, -0.05) is 49.5 Å². The van der Waals surface area contributed by atoms with Gasteiger partial charge in [0, 0.05) is 41.8 Å². The fourth-order valence-corrected chi connectivity index (χ4v) is 14.1. The molecule has 3 aliphatic rings. The number of fused-ring (bicyclic) bond motifs is 2. The Hall–Kier alpha value is -5.96. The molecule has 8 rings (SSSR count). The zero-order chi connectivity index (χ0) is 43.2. The number of amides is 2. The first-order valence-corrected chi connectivity index (χ1v) is 23.8. The van der Waals surface area contributed by atoms with Crippen molar-refractivity contribution in [3.05, 3.63) is 135 Å². The minimum absolute atomic E-state index is 0.0365. The molecule has 2 aromatic heterocycles. The summed E-state index contributed by atoms with van der Waals surface area (Å²) < 4.78 is 26.5. The summed E-state index contributed by atoms with van der Waals surface area (Å²) in [6.07, 6.45) is 4.25. The second-order valence-corrected chi connectivity index (χ2v) is 21.4. The number of rotatable bonds is 12. The lowest BCUT2D eigenvalue weighted by molar-refractivity contribution is -0.150. The molecule has 0 unspecified atom stereocenters. The third-order valence-electron chi connectivity index (χ3n) is 13.2. The van der Waals surface area contributed by atoms with Gasteiger partial charge in [0.15, 0.2) is 17.1 Å². The van der Waals surface area contributed by atoms with Crippen molar-refractivity contribution in [3.63, 3.8) is 0 Å². The molecule has 5 aromatic rings. The number of carbonyl (C=O) groups is 2. The zero-order valence-corrected chi connectivity index (χ0v) is 36.4. The maximum Gasteiger partial charge on any atom is 0.297 e. The number of benzene rings is 3. The van der Waals surface area contributed by atoms with Crippen LogP contribution in [-0.4, -0.2) is 85.7 Å². The monoisotopic (exact) mass is 844 g/mol. The Balaban J connectivity index is 1.27. The maximum absolute atomic E-state index is 15.7. The molecule has 3 aliphatic heterocycles. The van der Waals surface area contributed by atoms with Crippen LogP contribution in [0.25, 0.3) is 11.4 Å². The van der Waals surface area contributed by atoms with Crippen LogP contribution in [0.4, 0.5) is 5.69 Å². The maximum atomic E-state index is 15.7. The summed E-state index contributed by atoms with van der Waals surface area (Å²) in [6, 6.07) is 27.5. The van der Waals surface area contributed by atoms with Crippen LogP contribution in [0.1, 0.15) is 37.3 Å². The van der Waals surface area contributed by atoms with Crippen LogP contribution >= 0.6 is 0 Å². The van der Waals surface area contributed by atoms with E-state index in [1.54, 1.807) is 53.6 Å². The Labute approximate surface area is 355 Å². The SMILES string of the molecule is COc1ccc([Si](C)(C)[C@H]2[C@H](CC(=O)N3CCC[C@H]3CO)O[C@@]3(C(=O)N(Cc4cccc(-n5cccc(OC)c5=O)c4)c4ccc(-n5cccc(OC)c5=O)cc43)[C@@H]2C)cc1. The number of hydrogen-bond acceptors (Lipinski definition) is 9. The first-order valence-electron chi connectivity index (χ1n) is 20.7. The van der Waals surface area contributed by atoms with Gasteiger partial charge in [0.1, 0.15) is 5.75 Å². The number of aliphatic hydroxyl groups excluding tert-OH is 1. The molecule has 13 nitrogen and oxygen atoms in total. The van der Waals surface area contributed by atoms with Crippen LogP contribution in [0, 0.1) is 5.92 Å². The molecule has 2 amide bonds. The highest BCUT2D eigenvalue weighted by Crippen LogP contribution is 2.60. The number of anilines is 1. The number of carbonyl (C=O) groups excluding carboxylic acids is 2. The molecule has 2 fully saturated rings. The molecule has 1 N–H and O–H groups in total. The topological polar surface area (TPSA) is 142 Å². The highest BCUT2D eigenvalue weighted by Gasteiger charge is 2.66. The van der Waals surface area contributed by atoms with Crippen molar-refractivity contribution in [3.8, 4) is 28.6 Å². The van der Waals surface area contributed by atoms with Crippen molar-refractivity contribution >= 4 is 30.8 Å². The minimum Gasteiger partial charge on any atom is -0.497 e. The number of nitrogens with zero attached hydrogens (tertiary/aromatic N) is 4. The van der Waals surface area contributed by atoms with E-state index in [0.29, 0.717) is 29.2 Å². The smallest absolute Gasteiger partial charge is 0.297 e. The van der Waals surface area contributed by atoms with Gasteiger partial charge in [-0.3, -0.25) is 28.3 Å². The second kappa shape index (κ2) is 16.5. The number of ether oxygens (including phenoxy) is 4. The van der Waals surface area contributed by atoms with E-state index in [1.165, 1.54) is 23.4 Å². The van der Waals surface area contributed by atoms with Gasteiger partial charge in [-0.05, 0) is 90.7 Å². The molecule has 0 bridgehead atoms. The molecule has 3 aromatic carbocycles. The third-order valence-corrected chi connectivity index (χ3v) is 17.5. The normalized spacial score (nSPS) is 22.2. The van der Waals surface area contributed by atoms with E-state index in [2.05, 4.69) is 32.2 Å². The lowest BCUT2D eigenvalue weighted by Gasteiger charge is -2.37. The van der Waals surface area contributed by atoms with Crippen LogP contribution in [0.3, 0.4) is 0 Å². The van der Waals surface area contributed by atoms with Gasteiger partial charge in [-0.2, -0.15) is 0 Å². The molecule has 14 heteroatoms. The van der Waals surface area contributed by atoms with Crippen LogP contribution < -0.4 is 35.4 Å². The molecule has 0 radical (unpaired) electrons. The van der Waals surface area contributed by atoms with Crippen molar-refractivity contribution in [2.24, 2.45) is 5.92 Å². The van der Waals surface area contributed by atoms with Gasteiger partial charge in [0.2, 0.25) is 5.91 Å². The lowest BCUT2D eigenvalue weighted by Crippen LogP contribution is -2.52. The fraction of sp³-hybridized carbons (Fsp3) is 0.362. The predicted octanol–water partition coefficient (Wildman–Crippen LogP) is 5.15. The van der Waals surface area contributed by atoms with E-state index in [0.717, 1.165) is 29.3 Å². The zero-order valence-electron chi connectivity index (χ0n) is 35.4. The van der Waals surface area contributed by atoms with Crippen molar-refractivity contribution in [1.82, 2.24) is 14.0 Å². The Bertz CT molecular complexity index is 2590. The van der Waals surface area contributed by atoms with Crippen molar-refractivity contribution in [2.45, 2.75) is 69.1 Å².